The van der Waals surface area contributed by atoms with E-state index in [1.165, 1.54) is 11.3 Å². The van der Waals surface area contributed by atoms with Crippen molar-refractivity contribution < 1.29 is 14.3 Å². The zero-order chi connectivity index (χ0) is 18.8. The molecule has 0 saturated carbocycles. The Hall–Kier alpha value is -2.58. The van der Waals surface area contributed by atoms with E-state index in [-0.39, 0.29) is 5.97 Å². The molecule has 1 aliphatic heterocycles. The van der Waals surface area contributed by atoms with Crippen LogP contribution in [-0.2, 0) is 9.47 Å². The molecule has 4 rings (SSSR count). The predicted molar refractivity (Wildman–Crippen MR) is 104 cm³/mol. The van der Waals surface area contributed by atoms with Gasteiger partial charge < -0.3 is 14.4 Å². The number of hydrogen-bond acceptors (Lipinski definition) is 8. The van der Waals surface area contributed by atoms with Gasteiger partial charge in [0.1, 0.15) is 15.5 Å². The molecule has 1 saturated heterocycles. The van der Waals surface area contributed by atoms with Crippen molar-refractivity contribution in [3.63, 3.8) is 0 Å². The van der Waals surface area contributed by atoms with Crippen LogP contribution in [0.2, 0.25) is 0 Å². The molecule has 3 aromatic heterocycles. The summed E-state index contributed by atoms with van der Waals surface area (Å²) in [7, 11) is 0. The van der Waals surface area contributed by atoms with Crippen LogP contribution in [0.25, 0.3) is 21.6 Å². The van der Waals surface area contributed by atoms with Crippen molar-refractivity contribution in [2.45, 2.75) is 13.8 Å². The second kappa shape index (κ2) is 7.58. The number of anilines is 1. The highest BCUT2D eigenvalue weighted by atomic mass is 32.1. The lowest BCUT2D eigenvalue weighted by molar-refractivity contribution is 0.0531. The third kappa shape index (κ3) is 3.38. The normalized spacial score (nSPS) is 14.5. The number of hydrogen-bond donors (Lipinski definition) is 0. The van der Waals surface area contributed by atoms with Crippen molar-refractivity contribution in [2.75, 3.05) is 37.8 Å². The number of morpholine rings is 1. The highest BCUT2D eigenvalue weighted by molar-refractivity contribution is 7.20. The van der Waals surface area contributed by atoms with E-state index >= 15 is 0 Å². The number of thiophene rings is 1. The molecule has 7 nitrogen and oxygen atoms in total. The van der Waals surface area contributed by atoms with Gasteiger partial charge in [0.2, 0.25) is 0 Å². The Morgan fingerprint density at radius 2 is 2.00 bits per heavy atom. The van der Waals surface area contributed by atoms with Crippen LogP contribution in [0.1, 0.15) is 22.2 Å². The Morgan fingerprint density at radius 3 is 2.70 bits per heavy atom. The first kappa shape index (κ1) is 17.8. The molecular weight excluding hydrogens is 364 g/mol. The highest BCUT2D eigenvalue weighted by Crippen LogP contribution is 2.37. The first-order valence-electron chi connectivity index (χ1n) is 8.90. The van der Waals surface area contributed by atoms with Crippen LogP contribution < -0.4 is 4.90 Å². The molecule has 0 aliphatic carbocycles. The minimum absolute atomic E-state index is 0.309. The molecule has 0 spiro atoms. The lowest BCUT2D eigenvalue weighted by atomic mass is 10.1. The molecule has 0 aromatic carbocycles. The SMILES string of the molecule is CCOC(=O)c1sc2nc(-c3ccncc3)nc(N3CCOCC3)c2c1C. The summed E-state index contributed by atoms with van der Waals surface area (Å²) in [6.07, 6.45) is 3.45. The smallest absolute Gasteiger partial charge is 0.348 e. The Labute approximate surface area is 161 Å². The van der Waals surface area contributed by atoms with Crippen LogP contribution >= 0.6 is 11.3 Å². The van der Waals surface area contributed by atoms with Gasteiger partial charge in [0.05, 0.1) is 25.2 Å². The van der Waals surface area contributed by atoms with E-state index in [1.807, 2.05) is 19.1 Å². The van der Waals surface area contributed by atoms with Crippen LogP contribution in [0.3, 0.4) is 0 Å². The molecule has 0 N–H and O–H groups in total. The first-order valence-corrected chi connectivity index (χ1v) is 9.72. The molecule has 27 heavy (non-hydrogen) atoms. The van der Waals surface area contributed by atoms with E-state index in [4.69, 9.17) is 19.4 Å². The molecule has 1 aliphatic rings. The number of rotatable bonds is 4. The maximum atomic E-state index is 12.4. The second-order valence-electron chi connectivity index (χ2n) is 6.16. The van der Waals surface area contributed by atoms with E-state index in [2.05, 4.69) is 9.88 Å². The Balaban J connectivity index is 1.91. The van der Waals surface area contributed by atoms with Crippen LogP contribution in [0.4, 0.5) is 5.82 Å². The van der Waals surface area contributed by atoms with E-state index in [0.717, 1.165) is 40.3 Å². The van der Waals surface area contributed by atoms with Gasteiger partial charge in [-0.25, -0.2) is 14.8 Å². The fourth-order valence-corrected chi connectivity index (χ4v) is 4.21. The minimum Gasteiger partial charge on any atom is -0.462 e. The van der Waals surface area contributed by atoms with Gasteiger partial charge in [-0.3, -0.25) is 4.98 Å². The molecule has 0 radical (unpaired) electrons. The number of aromatic nitrogens is 3. The number of carbonyl (C=O) groups is 1. The fraction of sp³-hybridized carbons (Fsp3) is 0.368. The molecule has 8 heteroatoms. The third-order valence-corrected chi connectivity index (χ3v) is 5.65. The van der Waals surface area contributed by atoms with Crippen molar-refractivity contribution in [3.8, 4) is 11.4 Å². The van der Waals surface area contributed by atoms with Crippen molar-refractivity contribution in [1.29, 1.82) is 0 Å². The maximum Gasteiger partial charge on any atom is 0.348 e. The molecule has 3 aromatic rings. The Bertz CT molecular complexity index is 968. The lowest BCUT2D eigenvalue weighted by Gasteiger charge is -2.28. The third-order valence-electron chi connectivity index (χ3n) is 4.48. The van der Waals surface area contributed by atoms with Crippen LogP contribution in [0, 0.1) is 6.92 Å². The number of esters is 1. The fourth-order valence-electron chi connectivity index (χ4n) is 3.14. The molecule has 0 unspecified atom stereocenters. The number of fused-ring (bicyclic) bond motifs is 1. The first-order chi connectivity index (χ1) is 13.2. The minimum atomic E-state index is -0.309. The standard InChI is InChI=1S/C19H20N4O3S/c1-3-26-19(24)15-12(2)14-17(23-8-10-25-11-9-23)21-16(22-18(14)27-15)13-4-6-20-7-5-13/h4-7H,3,8-11H2,1-2H3. The topological polar surface area (TPSA) is 77.4 Å². The van der Waals surface area contributed by atoms with Gasteiger partial charge in [0.15, 0.2) is 5.82 Å². The Kier molecular flexibility index (Phi) is 5.00. The van der Waals surface area contributed by atoms with Crippen LogP contribution in [0.15, 0.2) is 24.5 Å². The molecular formula is C19H20N4O3S. The number of carbonyl (C=O) groups excluding carboxylic acids is 1. The summed E-state index contributed by atoms with van der Waals surface area (Å²) < 4.78 is 10.7. The van der Waals surface area contributed by atoms with Crippen molar-refractivity contribution >= 4 is 33.3 Å². The van der Waals surface area contributed by atoms with E-state index in [9.17, 15) is 4.79 Å². The largest absolute Gasteiger partial charge is 0.462 e. The molecule has 0 bridgehead atoms. The molecule has 140 valence electrons. The molecule has 1 fully saturated rings. The summed E-state index contributed by atoms with van der Waals surface area (Å²) in [5.41, 5.74) is 1.77. The monoisotopic (exact) mass is 384 g/mol. The molecule has 4 heterocycles. The van der Waals surface area contributed by atoms with Crippen LogP contribution in [0.5, 0.6) is 0 Å². The second-order valence-corrected chi connectivity index (χ2v) is 7.16. The van der Waals surface area contributed by atoms with Crippen molar-refractivity contribution in [2.24, 2.45) is 0 Å². The summed E-state index contributed by atoms with van der Waals surface area (Å²) >= 11 is 1.36. The van der Waals surface area contributed by atoms with Gasteiger partial charge in [0.25, 0.3) is 0 Å². The van der Waals surface area contributed by atoms with Gasteiger partial charge in [-0.1, -0.05) is 0 Å². The van der Waals surface area contributed by atoms with Gasteiger partial charge >= 0.3 is 5.97 Å². The summed E-state index contributed by atoms with van der Waals surface area (Å²) in [6.45, 7) is 6.91. The van der Waals surface area contributed by atoms with E-state index < -0.39 is 0 Å². The Morgan fingerprint density at radius 1 is 1.26 bits per heavy atom. The van der Waals surface area contributed by atoms with E-state index in [1.54, 1.807) is 19.3 Å². The number of pyridine rings is 1. The summed E-state index contributed by atoms with van der Waals surface area (Å²) in [4.78, 5) is 29.6. The maximum absolute atomic E-state index is 12.4. The molecule has 0 atom stereocenters. The summed E-state index contributed by atoms with van der Waals surface area (Å²) in [5.74, 6) is 1.17. The van der Waals surface area contributed by atoms with Crippen molar-refractivity contribution in [3.05, 3.63) is 35.0 Å². The highest BCUT2D eigenvalue weighted by Gasteiger charge is 2.25. The summed E-state index contributed by atoms with van der Waals surface area (Å²) in [6, 6.07) is 3.77. The van der Waals surface area contributed by atoms with Crippen molar-refractivity contribution in [1.82, 2.24) is 15.0 Å². The quantitative estimate of drug-likeness (QED) is 0.640. The van der Waals surface area contributed by atoms with Crippen LogP contribution in [-0.4, -0.2) is 53.8 Å². The number of aryl methyl sites for hydroxylation is 1. The van der Waals surface area contributed by atoms with Gasteiger partial charge in [-0.2, -0.15) is 0 Å². The predicted octanol–water partition coefficient (Wildman–Crippen LogP) is 3.08. The van der Waals surface area contributed by atoms with Gasteiger partial charge in [-0.05, 0) is 31.5 Å². The average Bonchev–Trinajstić information content (AvgIpc) is 3.05. The van der Waals surface area contributed by atoms with Gasteiger partial charge in [0, 0.05) is 31.0 Å². The average molecular weight is 384 g/mol. The number of nitrogens with zero attached hydrogens (tertiary/aromatic N) is 4. The van der Waals surface area contributed by atoms with E-state index in [0.29, 0.717) is 30.5 Å². The van der Waals surface area contributed by atoms with Gasteiger partial charge in [-0.15, -0.1) is 11.3 Å². The number of ether oxygens (including phenoxy) is 2. The lowest BCUT2D eigenvalue weighted by Crippen LogP contribution is -2.37. The zero-order valence-electron chi connectivity index (χ0n) is 15.3. The summed E-state index contributed by atoms with van der Waals surface area (Å²) in [5, 5.41) is 0.919. The molecule has 0 amide bonds. The zero-order valence-corrected chi connectivity index (χ0v) is 16.1.